The lowest BCUT2D eigenvalue weighted by Crippen LogP contribution is -2.37. The number of carbonyl (C=O) groups is 1. The van der Waals surface area contributed by atoms with Crippen LogP contribution in [0.3, 0.4) is 0 Å². The summed E-state index contributed by atoms with van der Waals surface area (Å²) < 4.78 is 10.7. The number of amides is 1. The Morgan fingerprint density at radius 3 is 2.76 bits per heavy atom. The van der Waals surface area contributed by atoms with E-state index in [1.165, 1.54) is 6.26 Å². The van der Waals surface area contributed by atoms with Crippen LogP contribution < -0.4 is 0 Å². The Kier molecular flexibility index (Phi) is 4.09. The minimum absolute atomic E-state index is 0.0607. The van der Waals surface area contributed by atoms with Gasteiger partial charge in [-0.3, -0.25) is 4.79 Å². The number of rotatable bonds is 3. The maximum atomic E-state index is 12.3. The number of furan rings is 1. The average molecular weight is 337 g/mol. The van der Waals surface area contributed by atoms with Crippen molar-refractivity contribution < 1.29 is 13.7 Å². The van der Waals surface area contributed by atoms with E-state index in [0.717, 1.165) is 24.0 Å². The predicted molar refractivity (Wildman–Crippen MR) is 91.1 cm³/mol. The first-order valence-corrected chi connectivity index (χ1v) is 8.44. The Balaban J connectivity index is 1.42. The predicted octanol–water partition coefficient (Wildman–Crippen LogP) is 3.66. The molecule has 6 nitrogen and oxygen atoms in total. The van der Waals surface area contributed by atoms with Crippen LogP contribution in [0.4, 0.5) is 0 Å². The molecule has 0 radical (unpaired) electrons. The van der Waals surface area contributed by atoms with Gasteiger partial charge in [-0.1, -0.05) is 28.9 Å². The molecule has 1 aromatic carbocycles. The third-order valence-electron chi connectivity index (χ3n) is 4.58. The molecule has 0 saturated carbocycles. The van der Waals surface area contributed by atoms with Crippen LogP contribution in [-0.2, 0) is 0 Å². The maximum absolute atomic E-state index is 12.3. The first-order valence-electron chi connectivity index (χ1n) is 8.44. The van der Waals surface area contributed by atoms with Gasteiger partial charge in [0, 0.05) is 24.6 Å². The molecular weight excluding hydrogens is 318 g/mol. The molecule has 0 N–H and O–H groups in total. The number of hydrogen-bond acceptors (Lipinski definition) is 5. The second kappa shape index (κ2) is 6.55. The van der Waals surface area contributed by atoms with E-state index >= 15 is 0 Å². The number of aromatic nitrogens is 2. The first-order chi connectivity index (χ1) is 12.2. The van der Waals surface area contributed by atoms with Gasteiger partial charge in [-0.15, -0.1) is 0 Å². The summed E-state index contributed by atoms with van der Waals surface area (Å²) in [6.45, 7) is 3.36. The van der Waals surface area contributed by atoms with Crippen molar-refractivity contribution in [1.29, 1.82) is 0 Å². The molecule has 1 aliphatic heterocycles. The van der Waals surface area contributed by atoms with Gasteiger partial charge in [0.2, 0.25) is 11.7 Å². The summed E-state index contributed by atoms with van der Waals surface area (Å²) in [4.78, 5) is 18.7. The Bertz CT molecular complexity index is 862. The molecule has 0 atom stereocenters. The largest absolute Gasteiger partial charge is 0.459 e. The maximum Gasteiger partial charge on any atom is 0.289 e. The average Bonchev–Trinajstić information content (AvgIpc) is 3.33. The molecule has 0 unspecified atom stereocenters. The SMILES string of the molecule is Cc1cccc(-c2noc(C3CCN(C(=O)c4ccco4)CC3)n2)c1. The van der Waals surface area contributed by atoms with Crippen LogP contribution in [0, 0.1) is 6.92 Å². The molecule has 0 bridgehead atoms. The summed E-state index contributed by atoms with van der Waals surface area (Å²) in [5, 5.41) is 4.12. The molecule has 0 spiro atoms. The molecule has 1 fully saturated rings. The van der Waals surface area contributed by atoms with Gasteiger partial charge in [0.05, 0.1) is 6.26 Å². The molecule has 2 aromatic heterocycles. The van der Waals surface area contributed by atoms with Crippen LogP contribution in [0.1, 0.15) is 40.8 Å². The lowest BCUT2D eigenvalue weighted by molar-refractivity contribution is 0.0672. The number of aryl methyl sites for hydroxylation is 1. The van der Waals surface area contributed by atoms with Crippen molar-refractivity contribution in [2.45, 2.75) is 25.7 Å². The molecule has 1 aliphatic rings. The van der Waals surface area contributed by atoms with Crippen LogP contribution >= 0.6 is 0 Å². The van der Waals surface area contributed by atoms with Gasteiger partial charge in [-0.25, -0.2) is 0 Å². The summed E-state index contributed by atoms with van der Waals surface area (Å²) >= 11 is 0. The number of piperidine rings is 1. The molecule has 25 heavy (non-hydrogen) atoms. The number of nitrogens with zero attached hydrogens (tertiary/aromatic N) is 3. The van der Waals surface area contributed by atoms with Gasteiger partial charge >= 0.3 is 0 Å². The molecule has 6 heteroatoms. The first kappa shape index (κ1) is 15.6. The van der Waals surface area contributed by atoms with Crippen molar-refractivity contribution in [3.63, 3.8) is 0 Å². The van der Waals surface area contributed by atoms with Crippen molar-refractivity contribution in [2.75, 3.05) is 13.1 Å². The lowest BCUT2D eigenvalue weighted by Gasteiger charge is -2.29. The summed E-state index contributed by atoms with van der Waals surface area (Å²) in [5.74, 6) is 1.79. The highest BCUT2D eigenvalue weighted by Gasteiger charge is 2.29. The van der Waals surface area contributed by atoms with E-state index in [2.05, 4.69) is 10.1 Å². The monoisotopic (exact) mass is 337 g/mol. The van der Waals surface area contributed by atoms with Gasteiger partial charge < -0.3 is 13.8 Å². The van der Waals surface area contributed by atoms with E-state index in [4.69, 9.17) is 8.94 Å². The minimum Gasteiger partial charge on any atom is -0.459 e. The number of benzene rings is 1. The molecule has 128 valence electrons. The molecule has 1 amide bonds. The van der Waals surface area contributed by atoms with E-state index in [9.17, 15) is 4.79 Å². The van der Waals surface area contributed by atoms with Crippen LogP contribution in [0.15, 0.2) is 51.6 Å². The fraction of sp³-hybridized carbons (Fsp3) is 0.316. The van der Waals surface area contributed by atoms with Gasteiger partial charge in [0.15, 0.2) is 5.76 Å². The molecular formula is C19H19N3O3. The van der Waals surface area contributed by atoms with Gasteiger partial charge in [0.1, 0.15) is 0 Å². The standard InChI is InChI=1S/C19H19N3O3/c1-13-4-2-5-15(12-13)17-20-18(25-21-17)14-7-9-22(10-8-14)19(23)16-6-3-11-24-16/h2-6,11-12,14H,7-10H2,1H3. The smallest absolute Gasteiger partial charge is 0.289 e. The molecule has 3 heterocycles. The molecule has 0 aliphatic carbocycles. The van der Waals surface area contributed by atoms with E-state index in [1.54, 1.807) is 12.1 Å². The van der Waals surface area contributed by atoms with Crippen molar-refractivity contribution in [3.05, 3.63) is 59.9 Å². The van der Waals surface area contributed by atoms with Crippen LogP contribution in [0.5, 0.6) is 0 Å². The Morgan fingerprint density at radius 2 is 2.04 bits per heavy atom. The molecule has 4 rings (SSSR count). The van der Waals surface area contributed by atoms with Crippen molar-refractivity contribution >= 4 is 5.91 Å². The lowest BCUT2D eigenvalue weighted by atomic mass is 9.96. The van der Waals surface area contributed by atoms with Gasteiger partial charge in [-0.05, 0) is 38.0 Å². The Morgan fingerprint density at radius 1 is 1.20 bits per heavy atom. The van der Waals surface area contributed by atoms with Crippen LogP contribution in [0.25, 0.3) is 11.4 Å². The fourth-order valence-electron chi connectivity index (χ4n) is 3.19. The van der Waals surface area contributed by atoms with Crippen molar-refractivity contribution in [1.82, 2.24) is 15.0 Å². The zero-order valence-corrected chi connectivity index (χ0v) is 14.0. The Labute approximate surface area is 145 Å². The normalized spacial score (nSPS) is 15.5. The molecule has 1 saturated heterocycles. The highest BCUT2D eigenvalue weighted by molar-refractivity contribution is 5.91. The van der Waals surface area contributed by atoms with Crippen molar-refractivity contribution in [2.24, 2.45) is 0 Å². The third kappa shape index (κ3) is 3.20. The summed E-state index contributed by atoms with van der Waals surface area (Å²) in [6, 6.07) is 11.5. The second-order valence-electron chi connectivity index (χ2n) is 6.37. The van der Waals surface area contributed by atoms with Gasteiger partial charge in [-0.2, -0.15) is 4.98 Å². The van der Waals surface area contributed by atoms with Crippen LogP contribution in [0.2, 0.25) is 0 Å². The van der Waals surface area contributed by atoms with E-state index in [0.29, 0.717) is 30.6 Å². The summed E-state index contributed by atoms with van der Waals surface area (Å²) in [7, 11) is 0. The third-order valence-corrected chi connectivity index (χ3v) is 4.58. The minimum atomic E-state index is -0.0607. The highest BCUT2D eigenvalue weighted by Crippen LogP contribution is 2.29. The number of carbonyl (C=O) groups excluding carboxylic acids is 1. The topological polar surface area (TPSA) is 72.4 Å². The quantitative estimate of drug-likeness (QED) is 0.729. The zero-order valence-electron chi connectivity index (χ0n) is 14.0. The highest BCUT2D eigenvalue weighted by atomic mass is 16.5. The van der Waals surface area contributed by atoms with Gasteiger partial charge in [0.25, 0.3) is 5.91 Å². The summed E-state index contributed by atoms with van der Waals surface area (Å²) in [5.41, 5.74) is 2.12. The zero-order chi connectivity index (χ0) is 17.2. The molecule has 3 aromatic rings. The van der Waals surface area contributed by atoms with Crippen molar-refractivity contribution in [3.8, 4) is 11.4 Å². The van der Waals surface area contributed by atoms with E-state index < -0.39 is 0 Å². The van der Waals surface area contributed by atoms with E-state index in [-0.39, 0.29) is 11.8 Å². The summed E-state index contributed by atoms with van der Waals surface area (Å²) in [6.07, 6.45) is 3.13. The van der Waals surface area contributed by atoms with E-state index in [1.807, 2.05) is 36.1 Å². The van der Waals surface area contributed by atoms with Crippen LogP contribution in [-0.4, -0.2) is 34.0 Å². The number of hydrogen-bond donors (Lipinski definition) is 0. The second-order valence-corrected chi connectivity index (χ2v) is 6.37. The fourth-order valence-corrected chi connectivity index (χ4v) is 3.19. The Hall–Kier alpha value is -2.89. The number of likely N-dealkylation sites (tertiary alicyclic amines) is 1.